The molecule has 0 spiro atoms. The Morgan fingerprint density at radius 1 is 1.00 bits per heavy atom. The normalized spacial score (nSPS) is 33.4. The van der Waals surface area contributed by atoms with E-state index in [0.29, 0.717) is 11.3 Å². The molecule has 2 aliphatic carbocycles. The Morgan fingerprint density at radius 3 is 2.33 bits per heavy atom. The molecule has 1 heterocycles. The summed E-state index contributed by atoms with van der Waals surface area (Å²) in [5, 5.41) is 0.257. The molecule has 0 aromatic rings. The first kappa shape index (κ1) is 24.6. The second-order valence-corrected chi connectivity index (χ2v) is 18.7. The highest BCUT2D eigenvalue weighted by Gasteiger charge is 2.48. The molecule has 1 aliphatic heterocycles. The van der Waals surface area contributed by atoms with Gasteiger partial charge in [0, 0.05) is 23.3 Å². The maximum absolute atomic E-state index is 6.86. The number of allylic oxidation sites excluding steroid dienone is 6. The van der Waals surface area contributed by atoms with Crippen molar-refractivity contribution in [2.24, 2.45) is 11.3 Å². The highest BCUT2D eigenvalue weighted by molar-refractivity contribution is 8.20. The lowest BCUT2D eigenvalue weighted by Gasteiger charge is -2.48. The molecule has 1 saturated heterocycles. The third-order valence-corrected chi connectivity index (χ3v) is 15.8. The molecule has 4 heteroatoms. The Balaban J connectivity index is 1.95. The van der Waals surface area contributed by atoms with Crippen molar-refractivity contribution in [3.63, 3.8) is 0 Å². The molecule has 0 aromatic carbocycles. The quantitative estimate of drug-likeness (QED) is 0.305. The number of hydrogen-bond acceptors (Lipinski definition) is 3. The van der Waals surface area contributed by atoms with E-state index < -0.39 is 8.32 Å². The molecule has 0 radical (unpaired) electrons. The third kappa shape index (κ3) is 5.64. The van der Waals surface area contributed by atoms with Crippen LogP contribution in [0.25, 0.3) is 0 Å². The summed E-state index contributed by atoms with van der Waals surface area (Å²) in [7, 11) is -1.78. The average Bonchev–Trinajstić information content (AvgIpc) is 3.19. The largest absolute Gasteiger partial charge is 0.547 e. The predicted molar refractivity (Wildman–Crippen MR) is 141 cm³/mol. The molecule has 1 nitrogen and oxygen atoms in total. The van der Waals surface area contributed by atoms with E-state index in [1.54, 1.807) is 11.1 Å². The molecule has 0 bridgehead atoms. The van der Waals surface area contributed by atoms with E-state index >= 15 is 0 Å². The van der Waals surface area contributed by atoms with E-state index in [-0.39, 0.29) is 5.04 Å². The molecule has 2 atom stereocenters. The summed E-state index contributed by atoms with van der Waals surface area (Å²) in [5.41, 5.74) is 3.55. The summed E-state index contributed by atoms with van der Waals surface area (Å²) >= 11 is 4.47. The number of thioether (sulfide) groups is 2. The summed E-state index contributed by atoms with van der Waals surface area (Å²) in [5.74, 6) is 4.58. The van der Waals surface area contributed by atoms with Crippen molar-refractivity contribution in [2.45, 2.75) is 102 Å². The highest BCUT2D eigenvalue weighted by atomic mass is 32.2. The molecule has 0 unspecified atom stereocenters. The van der Waals surface area contributed by atoms with Gasteiger partial charge in [-0.2, -0.15) is 0 Å². The Bertz CT molecular complexity index is 694. The average molecular weight is 465 g/mol. The summed E-state index contributed by atoms with van der Waals surface area (Å²) < 4.78 is 7.60. The van der Waals surface area contributed by atoms with E-state index in [0.717, 1.165) is 11.0 Å². The van der Waals surface area contributed by atoms with Crippen molar-refractivity contribution >= 4 is 31.8 Å². The maximum atomic E-state index is 6.86. The summed E-state index contributed by atoms with van der Waals surface area (Å²) in [6, 6.07) is 0. The van der Waals surface area contributed by atoms with Crippen LogP contribution in [0.4, 0.5) is 0 Å². The van der Waals surface area contributed by atoms with Gasteiger partial charge in [0.2, 0.25) is 8.32 Å². The van der Waals surface area contributed by atoms with Crippen LogP contribution in [-0.4, -0.2) is 24.4 Å². The minimum atomic E-state index is -1.78. The van der Waals surface area contributed by atoms with Crippen LogP contribution in [0.1, 0.15) is 79.6 Å². The van der Waals surface area contributed by atoms with Crippen molar-refractivity contribution in [1.29, 1.82) is 0 Å². The zero-order valence-electron chi connectivity index (χ0n) is 20.5. The minimum absolute atomic E-state index is 0.257. The van der Waals surface area contributed by atoms with Crippen LogP contribution < -0.4 is 0 Å². The fourth-order valence-electron chi connectivity index (χ4n) is 4.78. The molecular formula is C26H44OS2Si. The first-order valence-electron chi connectivity index (χ1n) is 12.0. The molecule has 0 N–H and O–H groups in total. The molecule has 0 amide bonds. The van der Waals surface area contributed by atoms with Crippen LogP contribution in [0.2, 0.25) is 18.1 Å². The van der Waals surface area contributed by atoms with Crippen LogP contribution in [0.15, 0.2) is 35.1 Å². The van der Waals surface area contributed by atoms with E-state index in [2.05, 4.69) is 89.5 Å². The number of hydrogen-bond donors (Lipinski definition) is 0. The summed E-state index contributed by atoms with van der Waals surface area (Å²) in [4.78, 5) is 0. The standard InChI is InChI=1S/C26H44OS2Si/c1-20-9-8-10-21(2)13-15-26(24-28-17-18-29-24)16-14-23(19-22(26)12-11-20)27-30(6,7)25(3,4)5/h9,13,19,22,24H,8,10-12,14-18H2,1-7H3/b20-9-,21-13+/t22-,26+/m1/s1. The van der Waals surface area contributed by atoms with Crippen LogP contribution in [0, 0.1) is 11.3 Å². The predicted octanol–water partition coefficient (Wildman–Crippen LogP) is 8.95. The van der Waals surface area contributed by atoms with Gasteiger partial charge in [-0.25, -0.2) is 0 Å². The Morgan fingerprint density at radius 2 is 1.67 bits per heavy atom. The number of fused-ring (bicyclic) bond motifs is 1. The van der Waals surface area contributed by atoms with Gasteiger partial charge in [-0.15, -0.1) is 23.5 Å². The van der Waals surface area contributed by atoms with Gasteiger partial charge >= 0.3 is 0 Å². The molecule has 170 valence electrons. The molecular weight excluding hydrogens is 421 g/mol. The van der Waals surface area contributed by atoms with Gasteiger partial charge in [-0.1, -0.05) is 44.1 Å². The van der Waals surface area contributed by atoms with E-state index in [4.69, 9.17) is 4.43 Å². The molecule has 0 aromatic heterocycles. The molecule has 1 fully saturated rings. The zero-order chi connectivity index (χ0) is 22.0. The first-order chi connectivity index (χ1) is 14.0. The lowest BCUT2D eigenvalue weighted by molar-refractivity contribution is 0.163. The summed E-state index contributed by atoms with van der Waals surface area (Å²) in [6.45, 7) is 16.6. The second-order valence-electron chi connectivity index (χ2n) is 11.3. The van der Waals surface area contributed by atoms with Gasteiger partial charge in [0.1, 0.15) is 0 Å². The van der Waals surface area contributed by atoms with Gasteiger partial charge in [-0.05, 0) is 82.5 Å². The van der Waals surface area contributed by atoms with Crippen molar-refractivity contribution in [3.8, 4) is 0 Å². The van der Waals surface area contributed by atoms with Crippen LogP contribution in [0.5, 0.6) is 0 Å². The zero-order valence-corrected chi connectivity index (χ0v) is 23.1. The van der Waals surface area contributed by atoms with E-state index in [1.807, 2.05) is 0 Å². The first-order valence-corrected chi connectivity index (χ1v) is 17.0. The Kier molecular flexibility index (Phi) is 8.05. The van der Waals surface area contributed by atoms with E-state index in [9.17, 15) is 0 Å². The lowest BCUT2D eigenvalue weighted by Crippen LogP contribution is -2.43. The highest BCUT2D eigenvalue weighted by Crippen LogP contribution is 2.58. The Labute approximate surface area is 196 Å². The van der Waals surface area contributed by atoms with Crippen molar-refractivity contribution in [2.75, 3.05) is 11.5 Å². The summed E-state index contributed by atoms with van der Waals surface area (Å²) in [6.07, 6.45) is 16.3. The van der Waals surface area contributed by atoms with Crippen molar-refractivity contribution in [3.05, 3.63) is 35.1 Å². The fourth-order valence-corrected chi connectivity index (χ4v) is 9.52. The SMILES string of the molecule is C/C1=C/CC/C(C)=C/C[C@]2(C3SCCS3)CCC(O[Si](C)(C)C(C)(C)C)=C[C@H]2CC1. The minimum Gasteiger partial charge on any atom is -0.547 e. The van der Waals surface area contributed by atoms with Gasteiger partial charge in [0.05, 0.1) is 10.3 Å². The Hall–Kier alpha value is -0.0631. The molecule has 3 aliphatic rings. The third-order valence-electron chi connectivity index (χ3n) is 7.96. The smallest absolute Gasteiger partial charge is 0.250 e. The monoisotopic (exact) mass is 464 g/mol. The van der Waals surface area contributed by atoms with Crippen molar-refractivity contribution < 1.29 is 4.43 Å². The van der Waals surface area contributed by atoms with Gasteiger partial charge in [-0.3, -0.25) is 0 Å². The van der Waals surface area contributed by atoms with Gasteiger partial charge in [0.25, 0.3) is 0 Å². The molecule has 3 rings (SSSR count). The van der Waals surface area contributed by atoms with Gasteiger partial charge < -0.3 is 4.43 Å². The van der Waals surface area contributed by atoms with Crippen LogP contribution in [0.3, 0.4) is 0 Å². The lowest BCUT2D eigenvalue weighted by atomic mass is 9.65. The van der Waals surface area contributed by atoms with Crippen LogP contribution in [-0.2, 0) is 4.43 Å². The molecule has 30 heavy (non-hydrogen) atoms. The second kappa shape index (κ2) is 9.83. The molecule has 0 saturated carbocycles. The number of rotatable bonds is 3. The van der Waals surface area contributed by atoms with Crippen LogP contribution >= 0.6 is 23.5 Å². The van der Waals surface area contributed by atoms with E-state index in [1.165, 1.54) is 55.8 Å². The van der Waals surface area contributed by atoms with Crippen molar-refractivity contribution in [1.82, 2.24) is 0 Å². The topological polar surface area (TPSA) is 9.23 Å². The van der Waals surface area contributed by atoms with Gasteiger partial charge in [0.15, 0.2) is 0 Å². The maximum Gasteiger partial charge on any atom is 0.250 e. The fraction of sp³-hybridized carbons (Fsp3) is 0.769.